The molecule has 5 heteroatoms. The second-order valence-electron chi connectivity index (χ2n) is 4.26. The highest BCUT2D eigenvalue weighted by atomic mass is 32.1. The Kier molecular flexibility index (Phi) is 5.83. The standard InChI is InChI=1S/C15H20N2O2S/c1-3-16-8-12-5-6-14(15(7-12)18-4-2)19-9-13-10-20-11-17-13/h5-7,10-11,16H,3-4,8-9H2,1-2H3. The van der Waals surface area contributed by atoms with Crippen LogP contribution < -0.4 is 14.8 Å². The molecule has 0 radical (unpaired) electrons. The molecule has 0 bridgehead atoms. The Morgan fingerprint density at radius 3 is 2.80 bits per heavy atom. The lowest BCUT2D eigenvalue weighted by atomic mass is 10.2. The number of nitrogens with one attached hydrogen (secondary N) is 1. The van der Waals surface area contributed by atoms with Crippen LogP contribution in [0.15, 0.2) is 29.1 Å². The van der Waals surface area contributed by atoms with Crippen LogP contribution >= 0.6 is 11.3 Å². The lowest BCUT2D eigenvalue weighted by molar-refractivity contribution is 0.266. The first-order chi connectivity index (χ1) is 9.83. The molecule has 0 atom stereocenters. The monoisotopic (exact) mass is 292 g/mol. The molecule has 0 spiro atoms. The van der Waals surface area contributed by atoms with Gasteiger partial charge in [-0.1, -0.05) is 13.0 Å². The van der Waals surface area contributed by atoms with Gasteiger partial charge in [-0.25, -0.2) is 4.98 Å². The molecular formula is C15H20N2O2S. The largest absolute Gasteiger partial charge is 0.490 e. The summed E-state index contributed by atoms with van der Waals surface area (Å²) in [4.78, 5) is 4.21. The maximum atomic E-state index is 5.79. The molecule has 0 unspecified atom stereocenters. The van der Waals surface area contributed by atoms with E-state index in [0.717, 1.165) is 30.3 Å². The molecule has 20 heavy (non-hydrogen) atoms. The third-order valence-electron chi connectivity index (χ3n) is 2.75. The van der Waals surface area contributed by atoms with Gasteiger partial charge in [0.25, 0.3) is 0 Å². The molecule has 1 aromatic carbocycles. The Hall–Kier alpha value is -1.59. The van der Waals surface area contributed by atoms with E-state index >= 15 is 0 Å². The van der Waals surface area contributed by atoms with Crippen LogP contribution in [0.4, 0.5) is 0 Å². The van der Waals surface area contributed by atoms with Crippen molar-refractivity contribution in [3.63, 3.8) is 0 Å². The van der Waals surface area contributed by atoms with Crippen molar-refractivity contribution in [3.8, 4) is 11.5 Å². The second kappa shape index (κ2) is 7.87. The summed E-state index contributed by atoms with van der Waals surface area (Å²) in [7, 11) is 0. The van der Waals surface area contributed by atoms with Crippen LogP contribution in [0.2, 0.25) is 0 Å². The summed E-state index contributed by atoms with van der Waals surface area (Å²) < 4.78 is 11.4. The average Bonchev–Trinajstić information content (AvgIpc) is 2.98. The van der Waals surface area contributed by atoms with E-state index in [0.29, 0.717) is 13.2 Å². The van der Waals surface area contributed by atoms with Crippen LogP contribution in [-0.2, 0) is 13.2 Å². The number of nitrogens with zero attached hydrogens (tertiary/aromatic N) is 1. The van der Waals surface area contributed by atoms with Gasteiger partial charge in [-0.15, -0.1) is 11.3 Å². The summed E-state index contributed by atoms with van der Waals surface area (Å²) in [6.07, 6.45) is 0. The zero-order valence-electron chi connectivity index (χ0n) is 11.9. The predicted octanol–water partition coefficient (Wildman–Crippen LogP) is 3.23. The summed E-state index contributed by atoms with van der Waals surface area (Å²) in [6, 6.07) is 6.05. The zero-order chi connectivity index (χ0) is 14.2. The summed E-state index contributed by atoms with van der Waals surface area (Å²) in [5.74, 6) is 1.55. The molecule has 0 aliphatic carbocycles. The van der Waals surface area contributed by atoms with Gasteiger partial charge in [-0.05, 0) is 31.2 Å². The van der Waals surface area contributed by atoms with Gasteiger partial charge in [-0.2, -0.15) is 0 Å². The van der Waals surface area contributed by atoms with Crippen molar-refractivity contribution in [1.29, 1.82) is 0 Å². The maximum absolute atomic E-state index is 5.79. The van der Waals surface area contributed by atoms with Gasteiger partial charge in [-0.3, -0.25) is 0 Å². The van der Waals surface area contributed by atoms with E-state index in [1.165, 1.54) is 5.56 Å². The normalized spacial score (nSPS) is 10.5. The topological polar surface area (TPSA) is 43.4 Å². The summed E-state index contributed by atoms with van der Waals surface area (Å²) in [6.45, 7) is 6.94. The Balaban J connectivity index is 2.06. The van der Waals surface area contributed by atoms with Gasteiger partial charge in [0.15, 0.2) is 11.5 Å². The van der Waals surface area contributed by atoms with Crippen molar-refractivity contribution in [2.45, 2.75) is 27.0 Å². The van der Waals surface area contributed by atoms with E-state index in [2.05, 4.69) is 23.3 Å². The van der Waals surface area contributed by atoms with E-state index in [9.17, 15) is 0 Å². The molecule has 0 fully saturated rings. The number of benzene rings is 1. The highest BCUT2D eigenvalue weighted by molar-refractivity contribution is 7.07. The van der Waals surface area contributed by atoms with E-state index in [-0.39, 0.29) is 0 Å². The van der Waals surface area contributed by atoms with E-state index in [4.69, 9.17) is 9.47 Å². The van der Waals surface area contributed by atoms with Gasteiger partial charge in [0.05, 0.1) is 17.8 Å². The maximum Gasteiger partial charge on any atom is 0.161 e. The molecule has 1 aromatic heterocycles. The molecule has 0 saturated heterocycles. The zero-order valence-corrected chi connectivity index (χ0v) is 12.7. The third-order valence-corrected chi connectivity index (χ3v) is 3.38. The smallest absolute Gasteiger partial charge is 0.161 e. The predicted molar refractivity (Wildman–Crippen MR) is 81.4 cm³/mol. The van der Waals surface area contributed by atoms with Crippen molar-refractivity contribution in [2.75, 3.05) is 13.2 Å². The number of hydrogen-bond acceptors (Lipinski definition) is 5. The molecule has 4 nitrogen and oxygen atoms in total. The molecule has 0 aliphatic rings. The average molecular weight is 292 g/mol. The summed E-state index contributed by atoms with van der Waals surface area (Å²) >= 11 is 1.57. The lowest BCUT2D eigenvalue weighted by Crippen LogP contribution is -2.12. The van der Waals surface area contributed by atoms with Crippen LogP contribution in [0.5, 0.6) is 11.5 Å². The summed E-state index contributed by atoms with van der Waals surface area (Å²) in [5.41, 5.74) is 3.94. The van der Waals surface area contributed by atoms with Gasteiger partial charge in [0.1, 0.15) is 6.61 Å². The Morgan fingerprint density at radius 2 is 2.10 bits per heavy atom. The SMILES string of the molecule is CCNCc1ccc(OCc2cscn2)c(OCC)c1. The van der Waals surface area contributed by atoms with Crippen LogP contribution in [0.25, 0.3) is 0 Å². The van der Waals surface area contributed by atoms with Gasteiger partial charge >= 0.3 is 0 Å². The Bertz CT molecular complexity index is 515. The molecule has 1 heterocycles. The molecule has 0 aliphatic heterocycles. The quantitative estimate of drug-likeness (QED) is 0.811. The van der Waals surface area contributed by atoms with E-state index < -0.39 is 0 Å². The Labute approximate surface area is 123 Å². The number of aromatic nitrogens is 1. The Morgan fingerprint density at radius 1 is 1.20 bits per heavy atom. The van der Waals surface area contributed by atoms with Gasteiger partial charge in [0.2, 0.25) is 0 Å². The first-order valence-electron chi connectivity index (χ1n) is 6.79. The molecule has 2 aromatic rings. The van der Waals surface area contributed by atoms with Crippen molar-refractivity contribution < 1.29 is 9.47 Å². The number of rotatable bonds is 8. The molecular weight excluding hydrogens is 272 g/mol. The second-order valence-corrected chi connectivity index (χ2v) is 4.98. The lowest BCUT2D eigenvalue weighted by Gasteiger charge is -2.13. The summed E-state index contributed by atoms with van der Waals surface area (Å²) in [5, 5.41) is 5.29. The molecule has 2 rings (SSSR count). The molecule has 108 valence electrons. The minimum absolute atomic E-state index is 0.468. The van der Waals surface area contributed by atoms with Crippen molar-refractivity contribution in [1.82, 2.24) is 10.3 Å². The molecule has 0 amide bonds. The van der Waals surface area contributed by atoms with Crippen LogP contribution in [-0.4, -0.2) is 18.1 Å². The fourth-order valence-corrected chi connectivity index (χ4v) is 2.32. The van der Waals surface area contributed by atoms with Crippen molar-refractivity contribution >= 4 is 11.3 Å². The van der Waals surface area contributed by atoms with Crippen molar-refractivity contribution in [2.24, 2.45) is 0 Å². The van der Waals surface area contributed by atoms with Crippen LogP contribution in [0.1, 0.15) is 25.1 Å². The first kappa shape index (κ1) is 14.8. The van der Waals surface area contributed by atoms with Gasteiger partial charge < -0.3 is 14.8 Å². The minimum Gasteiger partial charge on any atom is -0.490 e. The first-order valence-corrected chi connectivity index (χ1v) is 7.74. The van der Waals surface area contributed by atoms with E-state index in [1.54, 1.807) is 11.3 Å². The van der Waals surface area contributed by atoms with Crippen LogP contribution in [0, 0.1) is 0 Å². The highest BCUT2D eigenvalue weighted by Crippen LogP contribution is 2.29. The highest BCUT2D eigenvalue weighted by Gasteiger charge is 2.07. The van der Waals surface area contributed by atoms with Gasteiger partial charge in [0, 0.05) is 11.9 Å². The molecule has 0 saturated carbocycles. The fraction of sp³-hybridized carbons (Fsp3) is 0.400. The minimum atomic E-state index is 0.468. The number of hydrogen-bond donors (Lipinski definition) is 1. The van der Waals surface area contributed by atoms with Crippen LogP contribution in [0.3, 0.4) is 0 Å². The fourth-order valence-electron chi connectivity index (χ4n) is 1.78. The third kappa shape index (κ3) is 4.21. The van der Waals surface area contributed by atoms with Crippen molar-refractivity contribution in [3.05, 3.63) is 40.3 Å². The van der Waals surface area contributed by atoms with E-state index in [1.807, 2.05) is 29.9 Å². The number of thiazole rings is 1. The molecule has 1 N–H and O–H groups in total. The number of ether oxygens (including phenoxy) is 2.